The summed E-state index contributed by atoms with van der Waals surface area (Å²) in [5, 5.41) is 9.68. The molecule has 0 fully saturated rings. The molecule has 0 bridgehead atoms. The third-order valence-electron chi connectivity index (χ3n) is 2.74. The zero-order valence-corrected chi connectivity index (χ0v) is 12.4. The summed E-state index contributed by atoms with van der Waals surface area (Å²) in [4.78, 5) is 11.4. The van der Waals surface area contributed by atoms with Crippen LogP contribution in [-0.4, -0.2) is 38.8 Å². The van der Waals surface area contributed by atoms with Gasteiger partial charge in [-0.2, -0.15) is 8.42 Å². The van der Waals surface area contributed by atoms with E-state index in [0.29, 0.717) is 0 Å². The average molecular weight is 302 g/mol. The van der Waals surface area contributed by atoms with Crippen LogP contribution in [0.1, 0.15) is 18.9 Å². The van der Waals surface area contributed by atoms with Crippen LogP contribution in [0.15, 0.2) is 29.2 Å². The average Bonchev–Trinajstić information content (AvgIpc) is 2.43. The minimum absolute atomic E-state index is 0.0830. The molecule has 0 saturated heterocycles. The lowest BCUT2D eigenvalue weighted by molar-refractivity contribution is -0.154. The lowest BCUT2D eigenvalue weighted by Gasteiger charge is -2.19. The van der Waals surface area contributed by atoms with E-state index in [9.17, 15) is 18.3 Å². The second-order valence-corrected chi connectivity index (χ2v) is 5.85. The number of hydrogen-bond donors (Lipinski definition) is 1. The first-order valence-corrected chi connectivity index (χ1v) is 7.48. The fraction of sp³-hybridized carbons (Fsp3) is 0.462. The van der Waals surface area contributed by atoms with Gasteiger partial charge in [-0.15, -0.1) is 0 Å². The highest BCUT2D eigenvalue weighted by Gasteiger charge is 2.33. The van der Waals surface area contributed by atoms with Crippen molar-refractivity contribution in [2.24, 2.45) is 0 Å². The van der Waals surface area contributed by atoms with E-state index in [-0.39, 0.29) is 11.3 Å². The number of aryl methyl sites for hydroxylation is 1. The summed E-state index contributed by atoms with van der Waals surface area (Å²) in [6.45, 7) is 3.41. The van der Waals surface area contributed by atoms with E-state index < -0.39 is 28.3 Å². The number of aliphatic hydroxyl groups is 1. The van der Waals surface area contributed by atoms with Crippen molar-refractivity contribution in [3.63, 3.8) is 0 Å². The van der Waals surface area contributed by atoms with E-state index in [0.717, 1.165) is 12.7 Å². The first kappa shape index (κ1) is 16.6. The number of carbonyl (C=O) groups excluding carboxylic acids is 1. The van der Waals surface area contributed by atoms with Crippen molar-refractivity contribution in [2.75, 3.05) is 7.11 Å². The van der Waals surface area contributed by atoms with Crippen molar-refractivity contribution < 1.29 is 27.2 Å². The Morgan fingerprint density at radius 3 is 2.30 bits per heavy atom. The highest BCUT2D eigenvalue weighted by Crippen LogP contribution is 2.18. The lowest BCUT2D eigenvalue weighted by atomic mass is 10.1. The van der Waals surface area contributed by atoms with Gasteiger partial charge in [0.05, 0.1) is 18.1 Å². The standard InChI is InChI=1S/C13H18O6S/c1-4-11(14)12(13(15)18-3)19-20(16,17)10-7-5-9(2)6-8-10/h5-8,11-12,14H,4H2,1-3H3/t11-,12+/m0/s1. The second-order valence-electron chi connectivity index (χ2n) is 4.28. The molecule has 20 heavy (non-hydrogen) atoms. The Labute approximate surface area is 118 Å². The molecule has 0 amide bonds. The zero-order valence-electron chi connectivity index (χ0n) is 11.6. The summed E-state index contributed by atoms with van der Waals surface area (Å²) >= 11 is 0. The van der Waals surface area contributed by atoms with Gasteiger partial charge in [0.25, 0.3) is 10.1 Å². The molecule has 1 N–H and O–H groups in total. The van der Waals surface area contributed by atoms with Crippen LogP contribution < -0.4 is 0 Å². The Morgan fingerprint density at radius 1 is 1.30 bits per heavy atom. The zero-order chi connectivity index (χ0) is 15.3. The molecule has 0 heterocycles. The van der Waals surface area contributed by atoms with Crippen molar-refractivity contribution >= 4 is 16.1 Å². The summed E-state index contributed by atoms with van der Waals surface area (Å²) in [7, 11) is -3.05. The molecule has 0 aliphatic carbocycles. The molecule has 0 unspecified atom stereocenters. The number of ether oxygens (including phenoxy) is 1. The minimum Gasteiger partial charge on any atom is -0.467 e. The topological polar surface area (TPSA) is 89.9 Å². The number of esters is 1. The maximum absolute atomic E-state index is 12.1. The van der Waals surface area contributed by atoms with Crippen LogP contribution in [0.5, 0.6) is 0 Å². The quantitative estimate of drug-likeness (QED) is 0.623. The predicted octanol–water partition coefficient (Wildman–Crippen LogP) is 1.01. The molecule has 112 valence electrons. The molecule has 1 aromatic rings. The van der Waals surface area contributed by atoms with E-state index in [4.69, 9.17) is 4.18 Å². The van der Waals surface area contributed by atoms with Gasteiger partial charge in [-0.25, -0.2) is 8.98 Å². The molecule has 0 aliphatic heterocycles. The van der Waals surface area contributed by atoms with Gasteiger partial charge in [0, 0.05) is 0 Å². The molecular formula is C13H18O6S. The van der Waals surface area contributed by atoms with E-state index in [1.165, 1.54) is 12.1 Å². The van der Waals surface area contributed by atoms with Crippen LogP contribution in [0.4, 0.5) is 0 Å². The van der Waals surface area contributed by atoms with Crippen LogP contribution >= 0.6 is 0 Å². The molecule has 1 rings (SSSR count). The lowest BCUT2D eigenvalue weighted by Crippen LogP contribution is -2.38. The maximum Gasteiger partial charge on any atom is 0.339 e. The van der Waals surface area contributed by atoms with Crippen molar-refractivity contribution in [1.82, 2.24) is 0 Å². The number of benzene rings is 1. The second kappa shape index (κ2) is 6.83. The molecular weight excluding hydrogens is 284 g/mol. The molecule has 0 aliphatic rings. The van der Waals surface area contributed by atoms with Crippen LogP contribution in [0, 0.1) is 6.92 Å². The molecule has 0 aromatic heterocycles. The molecule has 6 nitrogen and oxygen atoms in total. The van der Waals surface area contributed by atoms with E-state index in [1.54, 1.807) is 19.1 Å². The molecule has 0 spiro atoms. The van der Waals surface area contributed by atoms with Gasteiger partial charge in [-0.1, -0.05) is 24.6 Å². The minimum atomic E-state index is -4.15. The highest BCUT2D eigenvalue weighted by atomic mass is 32.2. The fourth-order valence-corrected chi connectivity index (χ4v) is 2.55. The Kier molecular flexibility index (Phi) is 5.67. The summed E-state index contributed by atoms with van der Waals surface area (Å²) in [5.74, 6) is -0.935. The van der Waals surface area contributed by atoms with Crippen LogP contribution in [0.3, 0.4) is 0 Å². The number of methoxy groups -OCH3 is 1. The van der Waals surface area contributed by atoms with Gasteiger partial charge in [-0.3, -0.25) is 0 Å². The number of rotatable bonds is 6. The van der Waals surface area contributed by atoms with Gasteiger partial charge < -0.3 is 9.84 Å². The first-order valence-electron chi connectivity index (χ1n) is 6.07. The Balaban J connectivity index is 3.02. The van der Waals surface area contributed by atoms with Gasteiger partial charge in [0.2, 0.25) is 0 Å². The highest BCUT2D eigenvalue weighted by molar-refractivity contribution is 7.86. The van der Waals surface area contributed by atoms with E-state index >= 15 is 0 Å². The summed E-state index contributed by atoms with van der Waals surface area (Å²) in [5.41, 5.74) is 0.891. The molecule has 0 saturated carbocycles. The molecule has 7 heteroatoms. The largest absolute Gasteiger partial charge is 0.467 e. The van der Waals surface area contributed by atoms with Crippen LogP contribution in [-0.2, 0) is 23.8 Å². The Morgan fingerprint density at radius 2 is 1.85 bits per heavy atom. The van der Waals surface area contributed by atoms with Crippen molar-refractivity contribution in [2.45, 2.75) is 37.4 Å². The van der Waals surface area contributed by atoms with Crippen molar-refractivity contribution in [3.8, 4) is 0 Å². The normalized spacial score (nSPS) is 14.6. The third kappa shape index (κ3) is 4.03. The van der Waals surface area contributed by atoms with Gasteiger partial charge in [0.1, 0.15) is 0 Å². The fourth-order valence-electron chi connectivity index (χ4n) is 1.49. The number of hydrogen-bond acceptors (Lipinski definition) is 6. The monoisotopic (exact) mass is 302 g/mol. The summed E-state index contributed by atoms with van der Waals surface area (Å²) < 4.78 is 33.4. The summed E-state index contributed by atoms with van der Waals surface area (Å²) in [6, 6.07) is 5.97. The molecule has 1 aromatic carbocycles. The maximum atomic E-state index is 12.1. The van der Waals surface area contributed by atoms with Gasteiger partial charge in [0.15, 0.2) is 6.10 Å². The predicted molar refractivity (Wildman–Crippen MR) is 71.6 cm³/mol. The number of aliphatic hydroxyl groups excluding tert-OH is 1. The van der Waals surface area contributed by atoms with Crippen LogP contribution in [0.2, 0.25) is 0 Å². The SMILES string of the molecule is CC[C@H](O)[C@@H](OS(=O)(=O)c1ccc(C)cc1)C(=O)OC. The van der Waals surface area contributed by atoms with E-state index in [2.05, 4.69) is 4.74 Å². The molecule has 2 atom stereocenters. The Hall–Kier alpha value is -1.44. The van der Waals surface area contributed by atoms with Gasteiger partial charge >= 0.3 is 5.97 Å². The van der Waals surface area contributed by atoms with Crippen molar-refractivity contribution in [1.29, 1.82) is 0 Å². The van der Waals surface area contributed by atoms with Gasteiger partial charge in [-0.05, 0) is 25.5 Å². The third-order valence-corrected chi connectivity index (χ3v) is 4.05. The van der Waals surface area contributed by atoms with Crippen molar-refractivity contribution in [3.05, 3.63) is 29.8 Å². The van der Waals surface area contributed by atoms with E-state index in [1.807, 2.05) is 6.92 Å². The first-order chi connectivity index (χ1) is 9.31. The van der Waals surface area contributed by atoms with Crippen LogP contribution in [0.25, 0.3) is 0 Å². The summed E-state index contributed by atoms with van der Waals surface area (Å²) in [6.07, 6.45) is -2.68. The number of carbonyl (C=O) groups is 1. The molecule has 0 radical (unpaired) electrons. The smallest absolute Gasteiger partial charge is 0.339 e. The Bertz CT molecular complexity index is 549.